The minimum Gasteiger partial charge on any atom is -0.458 e. The van der Waals surface area contributed by atoms with Gasteiger partial charge >= 0.3 is 5.97 Å². The van der Waals surface area contributed by atoms with Crippen molar-refractivity contribution >= 4 is 5.97 Å². The lowest BCUT2D eigenvalue weighted by atomic mass is 10.1. The molecule has 0 N–H and O–H groups in total. The second-order valence-electron chi connectivity index (χ2n) is 3.48. The van der Waals surface area contributed by atoms with Crippen LogP contribution in [0.25, 0.3) is 0 Å². The van der Waals surface area contributed by atoms with Gasteiger partial charge in [-0.15, -0.1) is 0 Å². The minimum absolute atomic E-state index is 0.174. The highest BCUT2D eigenvalue weighted by atomic mass is 16.5. The predicted octanol–water partition coefficient (Wildman–Crippen LogP) is 3.30. The molecule has 1 radical (unpaired) electrons. The van der Waals surface area contributed by atoms with Gasteiger partial charge in [0.25, 0.3) is 0 Å². The number of carbonyl (C=O) groups excluding carboxylic acids is 1. The van der Waals surface area contributed by atoms with E-state index in [2.05, 4.69) is 0 Å². The molecule has 0 saturated carbocycles. The van der Waals surface area contributed by atoms with E-state index in [4.69, 9.17) is 4.74 Å². The highest BCUT2D eigenvalue weighted by Gasteiger charge is 2.10. The molecule has 0 aliphatic carbocycles. The van der Waals surface area contributed by atoms with Crippen LogP contribution in [-0.4, -0.2) is 5.97 Å². The second-order valence-corrected chi connectivity index (χ2v) is 3.48. The van der Waals surface area contributed by atoms with Crippen LogP contribution in [0.5, 0.6) is 0 Å². The van der Waals surface area contributed by atoms with E-state index in [0.717, 1.165) is 18.4 Å². The summed E-state index contributed by atoms with van der Waals surface area (Å²) < 4.78 is 5.24. The van der Waals surface area contributed by atoms with E-state index in [0.29, 0.717) is 0 Å². The van der Waals surface area contributed by atoms with Crippen LogP contribution in [0, 0.1) is 6.42 Å². The van der Waals surface area contributed by atoms with Crippen molar-refractivity contribution in [3.8, 4) is 0 Å². The average Bonchev–Trinajstić information content (AvgIpc) is 2.27. The summed E-state index contributed by atoms with van der Waals surface area (Å²) >= 11 is 0. The zero-order valence-electron chi connectivity index (χ0n) is 9.27. The van der Waals surface area contributed by atoms with Gasteiger partial charge in [0.05, 0.1) is 6.42 Å². The van der Waals surface area contributed by atoms with Gasteiger partial charge in [-0.25, -0.2) is 0 Å². The first-order valence-corrected chi connectivity index (χ1v) is 5.32. The maximum Gasteiger partial charge on any atom is 0.310 e. The highest BCUT2D eigenvalue weighted by molar-refractivity contribution is 5.78. The van der Waals surface area contributed by atoms with E-state index in [1.54, 1.807) is 6.42 Å². The molecule has 2 nitrogen and oxygen atoms in total. The Bertz CT molecular complexity index is 293. The Balaban J connectivity index is 2.42. The highest BCUT2D eigenvalue weighted by Crippen LogP contribution is 2.16. The Hall–Kier alpha value is -1.31. The number of benzene rings is 1. The van der Waals surface area contributed by atoms with E-state index >= 15 is 0 Å². The maximum absolute atomic E-state index is 11.3. The predicted molar refractivity (Wildman–Crippen MR) is 60.2 cm³/mol. The summed E-state index contributed by atoms with van der Waals surface area (Å²) in [7, 11) is 0. The van der Waals surface area contributed by atoms with Crippen molar-refractivity contribution in [2.45, 2.75) is 32.8 Å². The maximum atomic E-state index is 11.3. The summed E-state index contributed by atoms with van der Waals surface area (Å²) in [5.41, 5.74) is 1.02. The van der Waals surface area contributed by atoms with Crippen molar-refractivity contribution in [2.24, 2.45) is 0 Å². The molecule has 1 rings (SSSR count). The largest absolute Gasteiger partial charge is 0.458 e. The monoisotopic (exact) mass is 205 g/mol. The Labute approximate surface area is 91.3 Å². The molecule has 2 heteroatoms. The number of ether oxygens (including phenoxy) is 1. The third-order valence-corrected chi connectivity index (χ3v) is 2.16. The zero-order valence-corrected chi connectivity index (χ0v) is 9.27. The van der Waals surface area contributed by atoms with Gasteiger partial charge in [-0.2, -0.15) is 0 Å². The first-order valence-electron chi connectivity index (χ1n) is 5.32. The minimum atomic E-state index is -0.229. The standard InChI is InChI=1S/C13H17O2/c1-3-4-10-13(14)15-11(2)12-8-6-5-7-9-12/h5-11H,3-4H2,1-2H3. The molecule has 0 bridgehead atoms. The van der Waals surface area contributed by atoms with Crippen molar-refractivity contribution in [3.63, 3.8) is 0 Å². The van der Waals surface area contributed by atoms with Crippen LogP contribution in [0.2, 0.25) is 0 Å². The number of hydrogen-bond donors (Lipinski definition) is 0. The van der Waals surface area contributed by atoms with E-state index in [1.165, 1.54) is 0 Å². The summed E-state index contributed by atoms with van der Waals surface area (Å²) in [6, 6.07) is 9.74. The molecule has 0 saturated heterocycles. The van der Waals surface area contributed by atoms with Crippen molar-refractivity contribution in [1.82, 2.24) is 0 Å². The van der Waals surface area contributed by atoms with Crippen molar-refractivity contribution in [3.05, 3.63) is 42.3 Å². The molecule has 15 heavy (non-hydrogen) atoms. The quantitative estimate of drug-likeness (QED) is 0.689. The molecular weight excluding hydrogens is 188 g/mol. The molecule has 0 aromatic heterocycles. The molecule has 0 fully saturated rings. The molecule has 1 aromatic rings. The molecule has 81 valence electrons. The van der Waals surface area contributed by atoms with Crippen LogP contribution in [0.3, 0.4) is 0 Å². The fraction of sp³-hybridized carbons (Fsp3) is 0.385. The molecule has 0 amide bonds. The number of carbonyl (C=O) groups is 1. The number of unbranched alkanes of at least 4 members (excludes halogenated alkanes) is 1. The van der Waals surface area contributed by atoms with E-state index in [1.807, 2.05) is 44.2 Å². The van der Waals surface area contributed by atoms with Crippen LogP contribution in [0.4, 0.5) is 0 Å². The van der Waals surface area contributed by atoms with Crippen LogP contribution in [0.15, 0.2) is 30.3 Å². The lowest BCUT2D eigenvalue weighted by Crippen LogP contribution is -2.08. The van der Waals surface area contributed by atoms with Gasteiger partial charge in [0.15, 0.2) is 0 Å². The molecule has 1 aromatic carbocycles. The van der Waals surface area contributed by atoms with Crippen molar-refractivity contribution < 1.29 is 9.53 Å². The van der Waals surface area contributed by atoms with Crippen molar-refractivity contribution in [1.29, 1.82) is 0 Å². The van der Waals surface area contributed by atoms with Crippen LogP contribution >= 0.6 is 0 Å². The molecule has 1 atom stereocenters. The van der Waals surface area contributed by atoms with E-state index in [-0.39, 0.29) is 12.1 Å². The topological polar surface area (TPSA) is 26.3 Å². The molecule has 0 spiro atoms. The Morgan fingerprint density at radius 2 is 2.07 bits per heavy atom. The summed E-state index contributed by atoms with van der Waals surface area (Å²) in [6.07, 6.45) is 3.17. The first kappa shape index (κ1) is 11.8. The van der Waals surface area contributed by atoms with Gasteiger partial charge in [0.1, 0.15) is 6.10 Å². The van der Waals surface area contributed by atoms with Crippen molar-refractivity contribution in [2.75, 3.05) is 0 Å². The van der Waals surface area contributed by atoms with E-state index < -0.39 is 0 Å². The summed E-state index contributed by atoms with van der Waals surface area (Å²) in [4.78, 5) is 11.3. The summed E-state index contributed by atoms with van der Waals surface area (Å²) in [5, 5.41) is 0. The van der Waals surface area contributed by atoms with Crippen LogP contribution in [0.1, 0.15) is 38.4 Å². The van der Waals surface area contributed by atoms with Gasteiger partial charge in [-0.05, 0) is 18.9 Å². The zero-order chi connectivity index (χ0) is 11.1. The lowest BCUT2D eigenvalue weighted by Gasteiger charge is -2.12. The fourth-order valence-corrected chi connectivity index (χ4v) is 1.28. The Kier molecular flexibility index (Phi) is 4.88. The number of esters is 1. The number of hydrogen-bond acceptors (Lipinski definition) is 2. The smallest absolute Gasteiger partial charge is 0.310 e. The number of rotatable bonds is 5. The van der Waals surface area contributed by atoms with E-state index in [9.17, 15) is 4.79 Å². The molecule has 0 aliphatic rings. The molecular formula is C13H17O2. The Morgan fingerprint density at radius 3 is 2.67 bits per heavy atom. The fourth-order valence-electron chi connectivity index (χ4n) is 1.28. The van der Waals surface area contributed by atoms with Gasteiger partial charge in [-0.1, -0.05) is 43.7 Å². The van der Waals surface area contributed by atoms with Gasteiger partial charge in [0, 0.05) is 0 Å². The molecule has 1 unspecified atom stereocenters. The van der Waals surface area contributed by atoms with Crippen LogP contribution < -0.4 is 0 Å². The lowest BCUT2D eigenvalue weighted by molar-refractivity contribution is -0.144. The summed E-state index contributed by atoms with van der Waals surface area (Å²) in [5.74, 6) is -0.229. The third kappa shape index (κ3) is 4.15. The summed E-state index contributed by atoms with van der Waals surface area (Å²) in [6.45, 7) is 3.91. The first-order chi connectivity index (χ1) is 7.24. The Morgan fingerprint density at radius 1 is 1.40 bits per heavy atom. The normalized spacial score (nSPS) is 12.1. The van der Waals surface area contributed by atoms with Gasteiger partial charge in [0.2, 0.25) is 0 Å². The molecule has 0 heterocycles. The van der Waals surface area contributed by atoms with Gasteiger partial charge in [-0.3, -0.25) is 4.79 Å². The third-order valence-electron chi connectivity index (χ3n) is 2.16. The second kappa shape index (κ2) is 6.23. The average molecular weight is 205 g/mol. The SMILES string of the molecule is CCC[CH]C(=O)OC(C)c1ccccc1. The van der Waals surface area contributed by atoms with Gasteiger partial charge < -0.3 is 4.74 Å². The molecule has 0 aliphatic heterocycles. The van der Waals surface area contributed by atoms with Crippen LogP contribution in [-0.2, 0) is 9.53 Å².